The van der Waals surface area contributed by atoms with E-state index in [2.05, 4.69) is 0 Å². The van der Waals surface area contributed by atoms with Crippen molar-refractivity contribution in [2.24, 2.45) is 5.92 Å². The number of aliphatic hydroxyl groups excluding tert-OH is 1. The summed E-state index contributed by atoms with van der Waals surface area (Å²) >= 11 is 0. The lowest BCUT2D eigenvalue weighted by Gasteiger charge is -2.17. The number of amides is 1. The number of benzene rings is 2. The molecule has 120 valence electrons. The van der Waals surface area contributed by atoms with Gasteiger partial charge in [-0.25, -0.2) is 4.39 Å². The number of rotatable bonds is 5. The predicted octanol–water partition coefficient (Wildman–Crippen LogP) is 3.69. The molecule has 3 nitrogen and oxygen atoms in total. The number of carbonyl (C=O) groups is 1. The van der Waals surface area contributed by atoms with Crippen LogP contribution < -0.4 is 4.90 Å². The van der Waals surface area contributed by atoms with Crippen molar-refractivity contribution < 1.29 is 14.3 Å². The minimum absolute atomic E-state index is 0.137. The Morgan fingerprint density at radius 3 is 2.52 bits per heavy atom. The standard InChI is InChI=1S/C19H20FNO2/c20-16-9-7-15(8-10-16)18(22)11-6-14-12-19(23)21(13-14)17-4-2-1-3-5-17/h1-5,7-10,14,18,22H,6,11-13H2. The first kappa shape index (κ1) is 15.7. The van der Waals surface area contributed by atoms with Gasteiger partial charge in [-0.1, -0.05) is 30.3 Å². The third-order valence-corrected chi connectivity index (χ3v) is 4.38. The number of carbonyl (C=O) groups excluding carboxylic acids is 1. The van der Waals surface area contributed by atoms with E-state index < -0.39 is 6.10 Å². The molecule has 0 spiro atoms. The summed E-state index contributed by atoms with van der Waals surface area (Å²) in [6, 6.07) is 15.6. The molecule has 1 amide bonds. The molecule has 1 heterocycles. The zero-order valence-electron chi connectivity index (χ0n) is 12.9. The van der Waals surface area contributed by atoms with Gasteiger partial charge in [-0.3, -0.25) is 4.79 Å². The molecule has 2 atom stereocenters. The van der Waals surface area contributed by atoms with Crippen LogP contribution in [0.1, 0.15) is 30.9 Å². The van der Waals surface area contributed by atoms with Crippen LogP contribution in [0.2, 0.25) is 0 Å². The summed E-state index contributed by atoms with van der Waals surface area (Å²) in [6.07, 6.45) is 1.25. The Hall–Kier alpha value is -2.20. The lowest BCUT2D eigenvalue weighted by atomic mass is 9.97. The zero-order chi connectivity index (χ0) is 16.2. The fourth-order valence-corrected chi connectivity index (χ4v) is 3.08. The highest BCUT2D eigenvalue weighted by molar-refractivity contribution is 5.95. The maximum absolute atomic E-state index is 12.9. The Labute approximate surface area is 135 Å². The summed E-state index contributed by atoms with van der Waals surface area (Å²) in [6.45, 7) is 0.693. The van der Waals surface area contributed by atoms with E-state index in [1.807, 2.05) is 35.2 Å². The fourth-order valence-electron chi connectivity index (χ4n) is 3.08. The number of hydrogen-bond acceptors (Lipinski definition) is 2. The Balaban J connectivity index is 1.55. The van der Waals surface area contributed by atoms with Gasteiger partial charge in [0.15, 0.2) is 0 Å². The zero-order valence-corrected chi connectivity index (χ0v) is 12.9. The van der Waals surface area contributed by atoms with E-state index in [-0.39, 0.29) is 17.6 Å². The molecule has 4 heteroatoms. The second-order valence-electron chi connectivity index (χ2n) is 6.05. The van der Waals surface area contributed by atoms with Crippen LogP contribution >= 0.6 is 0 Å². The maximum Gasteiger partial charge on any atom is 0.227 e. The van der Waals surface area contributed by atoms with Crippen LogP contribution in [-0.2, 0) is 4.79 Å². The van der Waals surface area contributed by atoms with Crippen molar-refractivity contribution in [1.82, 2.24) is 0 Å². The molecule has 3 rings (SSSR count). The molecular formula is C19H20FNO2. The number of anilines is 1. The van der Waals surface area contributed by atoms with Crippen molar-refractivity contribution in [2.45, 2.75) is 25.4 Å². The molecule has 2 aromatic carbocycles. The lowest BCUT2D eigenvalue weighted by molar-refractivity contribution is -0.117. The molecule has 0 aliphatic carbocycles. The highest BCUT2D eigenvalue weighted by Crippen LogP contribution is 2.30. The van der Waals surface area contributed by atoms with E-state index >= 15 is 0 Å². The van der Waals surface area contributed by atoms with E-state index in [0.717, 1.165) is 17.7 Å². The van der Waals surface area contributed by atoms with Gasteiger partial charge in [-0.2, -0.15) is 0 Å². The van der Waals surface area contributed by atoms with Crippen LogP contribution in [0.3, 0.4) is 0 Å². The van der Waals surface area contributed by atoms with Crippen molar-refractivity contribution in [1.29, 1.82) is 0 Å². The number of halogens is 1. The first-order valence-electron chi connectivity index (χ1n) is 7.92. The van der Waals surface area contributed by atoms with Gasteiger partial charge in [-0.15, -0.1) is 0 Å². The second kappa shape index (κ2) is 6.92. The minimum atomic E-state index is -0.614. The second-order valence-corrected chi connectivity index (χ2v) is 6.05. The van der Waals surface area contributed by atoms with E-state index in [4.69, 9.17) is 0 Å². The highest BCUT2D eigenvalue weighted by atomic mass is 19.1. The summed E-state index contributed by atoms with van der Waals surface area (Å²) < 4.78 is 12.9. The quantitative estimate of drug-likeness (QED) is 0.914. The van der Waals surface area contributed by atoms with Crippen LogP contribution in [0.15, 0.2) is 54.6 Å². The Morgan fingerprint density at radius 2 is 1.83 bits per heavy atom. The largest absolute Gasteiger partial charge is 0.388 e. The fraction of sp³-hybridized carbons (Fsp3) is 0.316. The molecular weight excluding hydrogens is 293 g/mol. The van der Waals surface area contributed by atoms with Crippen LogP contribution in [0.25, 0.3) is 0 Å². The normalized spacial score (nSPS) is 19.1. The van der Waals surface area contributed by atoms with Crippen molar-refractivity contribution in [3.8, 4) is 0 Å². The topological polar surface area (TPSA) is 40.5 Å². The van der Waals surface area contributed by atoms with Gasteiger partial charge in [0.2, 0.25) is 5.91 Å². The number of aliphatic hydroxyl groups is 1. The van der Waals surface area contributed by atoms with Crippen LogP contribution in [0.4, 0.5) is 10.1 Å². The van der Waals surface area contributed by atoms with Gasteiger partial charge in [0.1, 0.15) is 5.82 Å². The summed E-state index contributed by atoms with van der Waals surface area (Å²) in [5.41, 5.74) is 1.65. The van der Waals surface area contributed by atoms with Gasteiger partial charge < -0.3 is 10.0 Å². The summed E-state index contributed by atoms with van der Waals surface area (Å²) in [7, 11) is 0. The SMILES string of the molecule is O=C1CC(CCC(O)c2ccc(F)cc2)CN1c1ccccc1. The van der Waals surface area contributed by atoms with Crippen LogP contribution in [-0.4, -0.2) is 17.6 Å². The lowest BCUT2D eigenvalue weighted by Crippen LogP contribution is -2.24. The average Bonchev–Trinajstić information content (AvgIpc) is 2.95. The van der Waals surface area contributed by atoms with Crippen LogP contribution in [0, 0.1) is 11.7 Å². The summed E-state index contributed by atoms with van der Waals surface area (Å²) in [5, 5.41) is 10.2. The van der Waals surface area contributed by atoms with Gasteiger partial charge >= 0.3 is 0 Å². The third-order valence-electron chi connectivity index (χ3n) is 4.38. The molecule has 2 aromatic rings. The maximum atomic E-state index is 12.9. The van der Waals surface area contributed by atoms with Gasteiger partial charge in [0, 0.05) is 18.7 Å². The Morgan fingerprint density at radius 1 is 1.13 bits per heavy atom. The van der Waals surface area contributed by atoms with E-state index in [0.29, 0.717) is 19.4 Å². The van der Waals surface area contributed by atoms with Gasteiger partial charge in [0.25, 0.3) is 0 Å². The van der Waals surface area contributed by atoms with Crippen LogP contribution in [0.5, 0.6) is 0 Å². The number of hydrogen-bond donors (Lipinski definition) is 1. The smallest absolute Gasteiger partial charge is 0.227 e. The van der Waals surface area contributed by atoms with Gasteiger partial charge in [-0.05, 0) is 48.6 Å². The van der Waals surface area contributed by atoms with Gasteiger partial charge in [0.05, 0.1) is 6.10 Å². The molecule has 0 radical (unpaired) electrons. The summed E-state index contributed by atoms with van der Waals surface area (Å²) in [4.78, 5) is 14.0. The molecule has 1 fully saturated rings. The number of para-hydroxylation sites is 1. The Kier molecular flexibility index (Phi) is 4.72. The minimum Gasteiger partial charge on any atom is -0.388 e. The molecule has 0 aromatic heterocycles. The molecule has 1 N–H and O–H groups in total. The third kappa shape index (κ3) is 3.77. The highest BCUT2D eigenvalue weighted by Gasteiger charge is 2.30. The monoisotopic (exact) mass is 313 g/mol. The number of nitrogens with zero attached hydrogens (tertiary/aromatic N) is 1. The summed E-state index contributed by atoms with van der Waals surface area (Å²) in [5.74, 6) is 0.0797. The van der Waals surface area contributed by atoms with Crippen molar-refractivity contribution in [2.75, 3.05) is 11.4 Å². The molecule has 1 aliphatic heterocycles. The Bertz CT molecular complexity index is 657. The molecule has 1 saturated heterocycles. The van der Waals surface area contributed by atoms with E-state index in [9.17, 15) is 14.3 Å². The van der Waals surface area contributed by atoms with Crippen molar-refractivity contribution >= 4 is 11.6 Å². The molecule has 2 unspecified atom stereocenters. The first-order valence-corrected chi connectivity index (χ1v) is 7.92. The first-order chi connectivity index (χ1) is 11.1. The molecule has 1 aliphatic rings. The molecule has 23 heavy (non-hydrogen) atoms. The predicted molar refractivity (Wildman–Crippen MR) is 87.5 cm³/mol. The molecule has 0 bridgehead atoms. The molecule has 0 saturated carbocycles. The van der Waals surface area contributed by atoms with Crippen molar-refractivity contribution in [3.63, 3.8) is 0 Å². The van der Waals surface area contributed by atoms with Crippen molar-refractivity contribution in [3.05, 3.63) is 66.0 Å². The van der Waals surface area contributed by atoms with E-state index in [1.165, 1.54) is 12.1 Å². The van der Waals surface area contributed by atoms with E-state index in [1.54, 1.807) is 12.1 Å². The average molecular weight is 313 g/mol.